The number of rotatable bonds is 4. The first kappa shape index (κ1) is 14.6. The number of hydrogen-bond donors (Lipinski definition) is 3. The largest absolute Gasteiger partial charge is 0.481 e. The number of carbonyl (C=O) groups excluding carboxylic acids is 1. The number of urea groups is 1. The summed E-state index contributed by atoms with van der Waals surface area (Å²) in [4.78, 5) is 28.7. The van der Waals surface area contributed by atoms with Gasteiger partial charge in [0, 0.05) is 18.1 Å². The van der Waals surface area contributed by atoms with Crippen LogP contribution in [-0.2, 0) is 4.79 Å². The minimum Gasteiger partial charge on any atom is -0.481 e. The number of aromatic nitrogens is 3. The molecule has 2 atom stereocenters. The fourth-order valence-electron chi connectivity index (χ4n) is 2.05. The second-order valence-electron chi connectivity index (χ2n) is 4.56. The molecule has 0 bridgehead atoms. The van der Waals surface area contributed by atoms with Gasteiger partial charge in [0.15, 0.2) is 0 Å². The van der Waals surface area contributed by atoms with Gasteiger partial charge in [-0.25, -0.2) is 9.78 Å². The predicted molar refractivity (Wildman–Crippen MR) is 73.4 cm³/mol. The molecule has 1 fully saturated rings. The minimum atomic E-state index is -0.890. The van der Waals surface area contributed by atoms with Crippen LogP contribution in [-0.4, -0.2) is 61.3 Å². The molecule has 110 valence electrons. The van der Waals surface area contributed by atoms with Gasteiger partial charge in [-0.15, -0.1) is 0 Å². The highest BCUT2D eigenvalue weighted by atomic mass is 32.2. The Morgan fingerprint density at radius 1 is 1.70 bits per heavy atom. The van der Waals surface area contributed by atoms with E-state index in [9.17, 15) is 9.59 Å². The average molecular weight is 299 g/mol. The second-order valence-corrected chi connectivity index (χ2v) is 5.71. The van der Waals surface area contributed by atoms with E-state index < -0.39 is 5.97 Å². The van der Waals surface area contributed by atoms with Crippen LogP contribution >= 0.6 is 11.8 Å². The number of amides is 2. The number of carbonyl (C=O) groups is 2. The Hall–Kier alpha value is -1.77. The van der Waals surface area contributed by atoms with E-state index in [1.807, 2.05) is 0 Å². The molecule has 0 radical (unpaired) electrons. The van der Waals surface area contributed by atoms with Crippen molar-refractivity contribution in [3.8, 4) is 0 Å². The van der Waals surface area contributed by atoms with Crippen LogP contribution in [0, 0.1) is 0 Å². The Kier molecular flexibility index (Phi) is 4.83. The van der Waals surface area contributed by atoms with Crippen molar-refractivity contribution < 1.29 is 14.7 Å². The molecule has 1 aliphatic rings. The number of aromatic amines is 1. The van der Waals surface area contributed by atoms with E-state index in [2.05, 4.69) is 20.5 Å². The first-order valence-electron chi connectivity index (χ1n) is 6.30. The summed E-state index contributed by atoms with van der Waals surface area (Å²) >= 11 is 1.67. The number of H-pyrrole nitrogens is 1. The maximum absolute atomic E-state index is 12.2. The van der Waals surface area contributed by atoms with Gasteiger partial charge in [-0.3, -0.25) is 9.89 Å². The predicted octanol–water partition coefficient (Wildman–Crippen LogP) is 0.467. The lowest BCUT2D eigenvalue weighted by molar-refractivity contribution is -0.138. The number of aliphatic carboxylic acids is 1. The SMILES string of the molecule is CC(NC(=O)N1CCSCC1CC(=O)O)c1ncn[nH]1. The summed E-state index contributed by atoms with van der Waals surface area (Å²) in [6.45, 7) is 2.35. The van der Waals surface area contributed by atoms with Gasteiger partial charge in [-0.05, 0) is 6.92 Å². The summed E-state index contributed by atoms with van der Waals surface area (Å²) in [6.07, 6.45) is 1.35. The van der Waals surface area contributed by atoms with E-state index in [1.165, 1.54) is 6.33 Å². The number of thioether (sulfide) groups is 1. The molecule has 3 N–H and O–H groups in total. The fourth-order valence-corrected chi connectivity index (χ4v) is 3.12. The van der Waals surface area contributed by atoms with Crippen LogP contribution in [0.2, 0.25) is 0 Å². The molecule has 0 spiro atoms. The van der Waals surface area contributed by atoms with Crippen LogP contribution < -0.4 is 5.32 Å². The average Bonchev–Trinajstić information content (AvgIpc) is 2.92. The zero-order valence-electron chi connectivity index (χ0n) is 11.1. The van der Waals surface area contributed by atoms with Gasteiger partial charge in [-0.1, -0.05) is 0 Å². The summed E-state index contributed by atoms with van der Waals surface area (Å²) in [5, 5.41) is 18.1. The first-order valence-corrected chi connectivity index (χ1v) is 7.45. The van der Waals surface area contributed by atoms with Gasteiger partial charge < -0.3 is 15.3 Å². The number of hydrogen-bond acceptors (Lipinski definition) is 5. The monoisotopic (exact) mass is 299 g/mol. The van der Waals surface area contributed by atoms with Crippen molar-refractivity contribution in [2.45, 2.75) is 25.4 Å². The van der Waals surface area contributed by atoms with E-state index in [4.69, 9.17) is 5.11 Å². The Morgan fingerprint density at radius 3 is 3.15 bits per heavy atom. The topological polar surface area (TPSA) is 111 Å². The standard InChI is InChI=1S/C11H17N5O3S/c1-7(10-12-6-13-15-10)14-11(19)16-2-3-20-5-8(16)4-9(17)18/h6-8H,2-5H2,1H3,(H,14,19)(H,17,18)(H,12,13,15). The first-order chi connectivity index (χ1) is 9.58. The maximum Gasteiger partial charge on any atom is 0.318 e. The van der Waals surface area contributed by atoms with Crippen LogP contribution in [0.25, 0.3) is 0 Å². The Balaban J connectivity index is 1.97. The van der Waals surface area contributed by atoms with E-state index in [0.29, 0.717) is 18.1 Å². The second kappa shape index (κ2) is 6.60. The highest BCUT2D eigenvalue weighted by molar-refractivity contribution is 7.99. The van der Waals surface area contributed by atoms with Crippen LogP contribution in [0.4, 0.5) is 4.79 Å². The fraction of sp³-hybridized carbons (Fsp3) is 0.636. The maximum atomic E-state index is 12.2. The van der Waals surface area contributed by atoms with Crippen LogP contribution in [0.3, 0.4) is 0 Å². The smallest absolute Gasteiger partial charge is 0.318 e. The summed E-state index contributed by atoms with van der Waals surface area (Å²) in [6, 6.07) is -0.835. The zero-order valence-corrected chi connectivity index (χ0v) is 11.9. The molecule has 1 aliphatic heterocycles. The molecule has 2 heterocycles. The molecule has 1 saturated heterocycles. The Bertz CT molecular complexity index is 467. The summed E-state index contributed by atoms with van der Waals surface area (Å²) in [5.41, 5.74) is 0. The van der Waals surface area contributed by atoms with Crippen LogP contribution in [0.1, 0.15) is 25.2 Å². The van der Waals surface area contributed by atoms with Gasteiger partial charge in [0.25, 0.3) is 0 Å². The third-order valence-electron chi connectivity index (χ3n) is 3.08. The van der Waals surface area contributed by atoms with Gasteiger partial charge in [0.05, 0.1) is 18.5 Å². The zero-order chi connectivity index (χ0) is 14.5. The Morgan fingerprint density at radius 2 is 2.50 bits per heavy atom. The molecule has 2 rings (SSSR count). The van der Waals surface area contributed by atoms with Crippen molar-refractivity contribution in [1.29, 1.82) is 0 Å². The number of carboxylic acids is 1. The van der Waals surface area contributed by atoms with Crippen LogP contribution in [0.5, 0.6) is 0 Å². The third kappa shape index (κ3) is 3.62. The molecule has 20 heavy (non-hydrogen) atoms. The van der Waals surface area contributed by atoms with Crippen molar-refractivity contribution in [2.75, 3.05) is 18.1 Å². The summed E-state index contributed by atoms with van der Waals surface area (Å²) in [5.74, 6) is 1.15. The van der Waals surface area contributed by atoms with Crippen molar-refractivity contribution >= 4 is 23.8 Å². The summed E-state index contributed by atoms with van der Waals surface area (Å²) in [7, 11) is 0. The van der Waals surface area contributed by atoms with Crippen molar-refractivity contribution in [3.63, 3.8) is 0 Å². The molecule has 9 heteroatoms. The number of carboxylic acid groups (broad SMARTS) is 1. The molecule has 1 aromatic heterocycles. The normalized spacial score (nSPS) is 20.4. The molecule has 8 nitrogen and oxygen atoms in total. The molecule has 0 aliphatic carbocycles. The highest BCUT2D eigenvalue weighted by Crippen LogP contribution is 2.19. The lowest BCUT2D eigenvalue weighted by Crippen LogP contribution is -2.51. The molecular weight excluding hydrogens is 282 g/mol. The molecule has 2 amide bonds. The van der Waals surface area contributed by atoms with Gasteiger partial charge in [-0.2, -0.15) is 16.9 Å². The lowest BCUT2D eigenvalue weighted by Gasteiger charge is -2.35. The van der Waals surface area contributed by atoms with Gasteiger partial charge >= 0.3 is 12.0 Å². The van der Waals surface area contributed by atoms with E-state index in [0.717, 1.165) is 5.75 Å². The third-order valence-corrected chi connectivity index (χ3v) is 4.17. The molecule has 0 saturated carbocycles. The highest BCUT2D eigenvalue weighted by Gasteiger charge is 2.29. The molecular formula is C11H17N5O3S. The van der Waals surface area contributed by atoms with Gasteiger partial charge in [0.1, 0.15) is 12.2 Å². The lowest BCUT2D eigenvalue weighted by atomic mass is 10.2. The van der Waals surface area contributed by atoms with Crippen molar-refractivity contribution in [3.05, 3.63) is 12.2 Å². The quantitative estimate of drug-likeness (QED) is 0.745. The number of nitrogens with zero attached hydrogens (tertiary/aromatic N) is 3. The van der Waals surface area contributed by atoms with Crippen molar-refractivity contribution in [1.82, 2.24) is 25.4 Å². The summed E-state index contributed by atoms with van der Waals surface area (Å²) < 4.78 is 0. The Labute approximate surface area is 120 Å². The van der Waals surface area contributed by atoms with E-state index in [-0.39, 0.29) is 24.5 Å². The number of nitrogens with one attached hydrogen (secondary N) is 2. The van der Waals surface area contributed by atoms with Gasteiger partial charge in [0.2, 0.25) is 0 Å². The molecule has 2 unspecified atom stereocenters. The van der Waals surface area contributed by atoms with Crippen molar-refractivity contribution in [2.24, 2.45) is 0 Å². The molecule has 1 aromatic rings. The molecule has 0 aromatic carbocycles. The minimum absolute atomic E-state index is 0.0306. The van der Waals surface area contributed by atoms with E-state index >= 15 is 0 Å². The van der Waals surface area contributed by atoms with E-state index in [1.54, 1.807) is 23.6 Å². The van der Waals surface area contributed by atoms with Crippen LogP contribution in [0.15, 0.2) is 6.33 Å².